The first kappa shape index (κ1) is 36.4. The number of hydrogen-bond donors (Lipinski definition) is 3. The molecule has 0 aliphatic carbocycles. The Balaban J connectivity index is 2.58. The molecule has 0 aromatic heterocycles. The van der Waals surface area contributed by atoms with E-state index in [-0.39, 0.29) is 12.2 Å². The first-order valence-corrected chi connectivity index (χ1v) is 15.3. The third-order valence-corrected chi connectivity index (χ3v) is 6.63. The summed E-state index contributed by atoms with van der Waals surface area (Å²) >= 11 is 4.33. The third-order valence-electron chi connectivity index (χ3n) is 6.26. The average Bonchev–Trinajstić information content (AvgIpc) is 2.92. The second-order valence-corrected chi connectivity index (χ2v) is 13.1. The number of thiol groups is 1. The topological polar surface area (TPSA) is 114 Å². The Labute approximate surface area is 267 Å². The highest BCUT2D eigenvalue weighted by atomic mass is 32.1. The zero-order valence-corrected chi connectivity index (χ0v) is 27.9. The molecular formula is C34H47N3O6S. The van der Waals surface area contributed by atoms with Crippen LogP contribution in [-0.4, -0.2) is 63.9 Å². The molecule has 3 unspecified atom stereocenters. The van der Waals surface area contributed by atoms with Crippen LogP contribution in [0.25, 0.3) is 6.08 Å². The van der Waals surface area contributed by atoms with Crippen molar-refractivity contribution in [3.05, 3.63) is 77.9 Å². The third kappa shape index (κ3) is 11.4. The summed E-state index contributed by atoms with van der Waals surface area (Å²) in [5.74, 6) is -1.77. The number of hydrogen-bond acceptors (Lipinski definition) is 7. The molecule has 3 atom stereocenters. The standard InChI is InChI=1S/C34H47N3O6S/c1-10-23-17-14-18-25(19-23)28(37(22(2)3)30(39)27(21-44)36-32(41)43-34(7,8)9)29(38)35-26(31(40)42-33(4,5)6)20-24-15-12-11-13-16-24/h10-19,22,26-28,44H,1,20-21H2,2-9H3,(H,35,38)(H,36,41). The van der Waals surface area contributed by atoms with Crippen molar-refractivity contribution in [1.82, 2.24) is 15.5 Å². The Morgan fingerprint density at radius 2 is 1.50 bits per heavy atom. The summed E-state index contributed by atoms with van der Waals surface area (Å²) in [6, 6.07) is 12.5. The number of rotatable bonds is 12. The summed E-state index contributed by atoms with van der Waals surface area (Å²) in [4.78, 5) is 55.8. The zero-order chi connectivity index (χ0) is 33.2. The number of nitrogens with one attached hydrogen (secondary N) is 2. The van der Waals surface area contributed by atoms with Crippen molar-refractivity contribution in [1.29, 1.82) is 0 Å². The highest BCUT2D eigenvalue weighted by Crippen LogP contribution is 2.27. The van der Waals surface area contributed by atoms with Gasteiger partial charge in [-0.25, -0.2) is 9.59 Å². The van der Waals surface area contributed by atoms with Crippen LogP contribution in [0.4, 0.5) is 4.79 Å². The van der Waals surface area contributed by atoms with Crippen LogP contribution in [0.3, 0.4) is 0 Å². The SMILES string of the molecule is C=Cc1cccc(C(C(=O)NC(Cc2ccccc2)C(=O)OC(C)(C)C)N(C(=O)C(CS)NC(=O)OC(C)(C)C)C(C)C)c1. The summed E-state index contributed by atoms with van der Waals surface area (Å²) < 4.78 is 11.0. The van der Waals surface area contributed by atoms with E-state index in [0.717, 1.165) is 11.1 Å². The molecule has 10 heteroatoms. The fourth-order valence-electron chi connectivity index (χ4n) is 4.46. The lowest BCUT2D eigenvalue weighted by molar-refractivity contribution is -0.159. The van der Waals surface area contributed by atoms with Crippen LogP contribution in [0.15, 0.2) is 61.2 Å². The normalized spacial score (nSPS) is 13.7. The maximum Gasteiger partial charge on any atom is 0.408 e. The van der Waals surface area contributed by atoms with Crippen LogP contribution in [0.5, 0.6) is 0 Å². The van der Waals surface area contributed by atoms with E-state index in [0.29, 0.717) is 5.56 Å². The molecule has 2 N–H and O–H groups in total. The highest BCUT2D eigenvalue weighted by Gasteiger charge is 2.39. The van der Waals surface area contributed by atoms with Crippen LogP contribution in [0, 0.1) is 0 Å². The van der Waals surface area contributed by atoms with Gasteiger partial charge in [0, 0.05) is 18.2 Å². The van der Waals surface area contributed by atoms with Gasteiger partial charge in [0.25, 0.3) is 0 Å². The molecule has 0 bridgehead atoms. The molecule has 3 amide bonds. The lowest BCUT2D eigenvalue weighted by Crippen LogP contribution is -2.57. The van der Waals surface area contributed by atoms with Crippen LogP contribution in [0.1, 0.15) is 78.1 Å². The van der Waals surface area contributed by atoms with Crippen LogP contribution < -0.4 is 10.6 Å². The largest absolute Gasteiger partial charge is 0.458 e. The number of carbonyl (C=O) groups is 4. The van der Waals surface area contributed by atoms with Crippen LogP contribution >= 0.6 is 12.6 Å². The van der Waals surface area contributed by atoms with Gasteiger partial charge >= 0.3 is 12.1 Å². The van der Waals surface area contributed by atoms with Crippen molar-refractivity contribution in [2.75, 3.05) is 5.75 Å². The van der Waals surface area contributed by atoms with Gasteiger partial charge < -0.3 is 25.0 Å². The number of nitrogens with zero attached hydrogens (tertiary/aromatic N) is 1. The molecule has 9 nitrogen and oxygen atoms in total. The summed E-state index contributed by atoms with van der Waals surface area (Å²) in [5, 5.41) is 5.47. The highest BCUT2D eigenvalue weighted by molar-refractivity contribution is 7.80. The molecule has 0 fully saturated rings. The Bertz CT molecular complexity index is 1300. The molecule has 0 spiro atoms. The molecule has 2 rings (SSSR count). The number of benzene rings is 2. The van der Waals surface area contributed by atoms with E-state index in [4.69, 9.17) is 9.47 Å². The van der Waals surface area contributed by atoms with Gasteiger partial charge in [-0.15, -0.1) is 0 Å². The molecular weight excluding hydrogens is 578 g/mol. The quantitative estimate of drug-likeness (QED) is 0.212. The molecule has 0 aliphatic rings. The molecule has 0 heterocycles. The van der Waals surface area contributed by atoms with Gasteiger partial charge in [0.1, 0.15) is 29.3 Å². The maximum absolute atomic E-state index is 14.3. The minimum atomic E-state index is -1.18. The first-order valence-electron chi connectivity index (χ1n) is 14.7. The molecule has 0 saturated heterocycles. The fourth-order valence-corrected chi connectivity index (χ4v) is 4.70. The van der Waals surface area contributed by atoms with Crippen molar-refractivity contribution in [2.24, 2.45) is 0 Å². The Hall–Kier alpha value is -3.79. The minimum Gasteiger partial charge on any atom is -0.458 e. The Morgan fingerprint density at radius 1 is 0.886 bits per heavy atom. The van der Waals surface area contributed by atoms with Gasteiger partial charge in [-0.05, 0) is 78.1 Å². The van der Waals surface area contributed by atoms with E-state index in [1.54, 1.807) is 79.7 Å². The molecule has 0 radical (unpaired) electrons. The number of ether oxygens (including phenoxy) is 2. The molecule has 44 heavy (non-hydrogen) atoms. The number of carbonyl (C=O) groups excluding carboxylic acids is 4. The fraction of sp³-hybridized carbons (Fsp3) is 0.471. The van der Waals surface area contributed by atoms with Gasteiger partial charge in [-0.1, -0.05) is 61.2 Å². The summed E-state index contributed by atoms with van der Waals surface area (Å²) in [7, 11) is 0. The maximum atomic E-state index is 14.3. The molecule has 0 saturated carbocycles. The summed E-state index contributed by atoms with van der Waals surface area (Å²) in [6.07, 6.45) is 1.03. The number of esters is 1. The predicted octanol–water partition coefficient (Wildman–Crippen LogP) is 5.50. The Kier molecular flexibility index (Phi) is 13.1. The molecule has 2 aromatic carbocycles. The molecule has 0 aliphatic heterocycles. The van der Waals surface area contributed by atoms with E-state index in [1.165, 1.54) is 4.90 Å². The van der Waals surface area contributed by atoms with E-state index in [9.17, 15) is 19.2 Å². The lowest BCUT2D eigenvalue weighted by Gasteiger charge is -2.37. The van der Waals surface area contributed by atoms with Crippen molar-refractivity contribution in [3.8, 4) is 0 Å². The average molecular weight is 626 g/mol. The molecule has 2 aromatic rings. The van der Waals surface area contributed by atoms with E-state index in [1.807, 2.05) is 36.4 Å². The second-order valence-electron chi connectivity index (χ2n) is 12.8. The predicted molar refractivity (Wildman–Crippen MR) is 176 cm³/mol. The summed E-state index contributed by atoms with van der Waals surface area (Å²) in [5.41, 5.74) is 0.487. The van der Waals surface area contributed by atoms with Gasteiger partial charge in [0.2, 0.25) is 11.8 Å². The van der Waals surface area contributed by atoms with E-state index in [2.05, 4.69) is 29.8 Å². The second kappa shape index (κ2) is 15.8. The lowest BCUT2D eigenvalue weighted by atomic mass is 9.98. The van der Waals surface area contributed by atoms with E-state index >= 15 is 0 Å². The van der Waals surface area contributed by atoms with Crippen molar-refractivity contribution in [2.45, 2.75) is 97.2 Å². The first-order chi connectivity index (χ1) is 20.5. The van der Waals surface area contributed by atoms with Crippen LogP contribution in [0.2, 0.25) is 0 Å². The monoisotopic (exact) mass is 625 g/mol. The Morgan fingerprint density at radius 3 is 2.02 bits per heavy atom. The summed E-state index contributed by atoms with van der Waals surface area (Å²) in [6.45, 7) is 17.8. The van der Waals surface area contributed by atoms with Gasteiger partial charge in [-0.3, -0.25) is 9.59 Å². The van der Waals surface area contributed by atoms with Crippen molar-refractivity contribution in [3.63, 3.8) is 0 Å². The smallest absolute Gasteiger partial charge is 0.408 e. The molecule has 240 valence electrons. The number of amides is 3. The minimum absolute atomic E-state index is 0.0448. The van der Waals surface area contributed by atoms with Crippen molar-refractivity contribution >= 4 is 42.6 Å². The van der Waals surface area contributed by atoms with Crippen molar-refractivity contribution < 1.29 is 28.7 Å². The zero-order valence-electron chi connectivity index (χ0n) is 27.0. The van der Waals surface area contributed by atoms with Gasteiger partial charge in [0.15, 0.2) is 0 Å². The van der Waals surface area contributed by atoms with Crippen LogP contribution in [-0.2, 0) is 30.3 Å². The van der Waals surface area contributed by atoms with Gasteiger partial charge in [-0.2, -0.15) is 12.6 Å². The van der Waals surface area contributed by atoms with Gasteiger partial charge in [0.05, 0.1) is 0 Å². The van der Waals surface area contributed by atoms with E-state index < -0.39 is 59.2 Å². The number of alkyl carbamates (subject to hydrolysis) is 1.